The molecule has 1 aliphatic heterocycles. The van der Waals surface area contributed by atoms with E-state index in [1.54, 1.807) is 27.9 Å². The molecule has 0 bridgehead atoms. The standard InChI is InChI=1S/C18H21N3O3/c1-12-16(11-19-20(12)2)18(24)21-9-7-14(8-10-21)17(23)13-3-5-15(22)6-4-13/h3-6,11,14,22H,7-10H2,1-2H3. The van der Waals surface area contributed by atoms with Gasteiger partial charge in [0.15, 0.2) is 5.78 Å². The van der Waals surface area contributed by atoms with E-state index < -0.39 is 0 Å². The van der Waals surface area contributed by atoms with Crippen LogP contribution in [0, 0.1) is 12.8 Å². The van der Waals surface area contributed by atoms with E-state index in [9.17, 15) is 14.7 Å². The number of hydrogen-bond donors (Lipinski definition) is 1. The van der Waals surface area contributed by atoms with E-state index in [1.165, 1.54) is 12.1 Å². The van der Waals surface area contributed by atoms with Crippen LogP contribution < -0.4 is 0 Å². The van der Waals surface area contributed by atoms with Crippen LogP contribution in [-0.2, 0) is 7.05 Å². The number of phenolic OH excluding ortho intramolecular Hbond substituents is 1. The Bertz CT molecular complexity index is 756. The molecule has 1 aromatic carbocycles. The zero-order valence-corrected chi connectivity index (χ0v) is 13.9. The fraction of sp³-hybridized carbons (Fsp3) is 0.389. The summed E-state index contributed by atoms with van der Waals surface area (Å²) in [4.78, 5) is 26.9. The molecule has 1 N–H and O–H groups in total. The SMILES string of the molecule is Cc1c(C(=O)N2CCC(C(=O)c3ccc(O)cc3)CC2)cnn1C. The summed E-state index contributed by atoms with van der Waals surface area (Å²) in [5.41, 5.74) is 2.09. The molecule has 0 atom stereocenters. The number of aromatic nitrogens is 2. The molecular formula is C18H21N3O3. The van der Waals surface area contributed by atoms with Gasteiger partial charge in [0.1, 0.15) is 5.75 Å². The minimum absolute atomic E-state index is 0.0175. The predicted molar refractivity (Wildman–Crippen MR) is 89.0 cm³/mol. The van der Waals surface area contributed by atoms with Crippen molar-refractivity contribution >= 4 is 11.7 Å². The van der Waals surface area contributed by atoms with E-state index in [4.69, 9.17) is 0 Å². The van der Waals surface area contributed by atoms with Gasteiger partial charge in [-0.1, -0.05) is 0 Å². The predicted octanol–water partition coefficient (Wildman–Crippen LogP) is 2.17. The van der Waals surface area contributed by atoms with E-state index >= 15 is 0 Å². The summed E-state index contributed by atoms with van der Waals surface area (Å²) in [5, 5.41) is 13.4. The van der Waals surface area contributed by atoms with Gasteiger partial charge in [-0.05, 0) is 44.0 Å². The number of aromatic hydroxyl groups is 1. The topological polar surface area (TPSA) is 75.4 Å². The van der Waals surface area contributed by atoms with Gasteiger partial charge in [-0.3, -0.25) is 14.3 Å². The Labute approximate surface area is 140 Å². The fourth-order valence-corrected chi connectivity index (χ4v) is 3.09. The molecule has 3 rings (SSSR count). The van der Waals surface area contributed by atoms with Crippen LogP contribution in [0.5, 0.6) is 5.75 Å². The number of nitrogens with zero attached hydrogens (tertiary/aromatic N) is 3. The summed E-state index contributed by atoms with van der Waals surface area (Å²) in [6, 6.07) is 6.34. The molecule has 1 fully saturated rings. The normalized spacial score (nSPS) is 15.5. The molecule has 0 spiro atoms. The van der Waals surface area contributed by atoms with E-state index in [0.29, 0.717) is 37.1 Å². The monoisotopic (exact) mass is 327 g/mol. The second kappa shape index (κ2) is 6.47. The second-order valence-corrected chi connectivity index (χ2v) is 6.24. The van der Waals surface area contributed by atoms with Crippen molar-refractivity contribution in [1.29, 1.82) is 0 Å². The van der Waals surface area contributed by atoms with Gasteiger partial charge < -0.3 is 10.0 Å². The highest BCUT2D eigenvalue weighted by Gasteiger charge is 2.29. The van der Waals surface area contributed by atoms with E-state index in [-0.39, 0.29) is 23.4 Å². The number of hydrogen-bond acceptors (Lipinski definition) is 4. The van der Waals surface area contributed by atoms with Crippen LogP contribution in [0.25, 0.3) is 0 Å². The lowest BCUT2D eigenvalue weighted by atomic mass is 9.88. The van der Waals surface area contributed by atoms with Gasteiger partial charge in [0.05, 0.1) is 11.8 Å². The number of Topliss-reactive ketones (excluding diaryl/α,β-unsaturated/α-hetero) is 1. The minimum Gasteiger partial charge on any atom is -0.508 e. The first-order valence-corrected chi connectivity index (χ1v) is 8.08. The van der Waals surface area contributed by atoms with Crippen molar-refractivity contribution in [2.45, 2.75) is 19.8 Å². The van der Waals surface area contributed by atoms with Crippen molar-refractivity contribution in [1.82, 2.24) is 14.7 Å². The van der Waals surface area contributed by atoms with Crippen LogP contribution in [0.3, 0.4) is 0 Å². The maximum atomic E-state index is 12.6. The maximum Gasteiger partial charge on any atom is 0.257 e. The molecule has 1 aromatic heterocycles. The van der Waals surface area contributed by atoms with Crippen molar-refractivity contribution in [2.24, 2.45) is 13.0 Å². The Morgan fingerprint density at radius 1 is 1.17 bits per heavy atom. The average molecular weight is 327 g/mol. The Morgan fingerprint density at radius 3 is 2.33 bits per heavy atom. The van der Waals surface area contributed by atoms with Crippen molar-refractivity contribution in [3.63, 3.8) is 0 Å². The largest absolute Gasteiger partial charge is 0.508 e. The molecule has 1 saturated heterocycles. The molecule has 6 heteroatoms. The smallest absolute Gasteiger partial charge is 0.257 e. The minimum atomic E-state index is -0.0754. The zero-order chi connectivity index (χ0) is 17.3. The summed E-state index contributed by atoms with van der Waals surface area (Å²) in [5.74, 6) is 0.142. The van der Waals surface area contributed by atoms with Crippen LogP contribution in [-0.4, -0.2) is 44.6 Å². The van der Waals surface area contributed by atoms with E-state index in [1.807, 2.05) is 14.0 Å². The van der Waals surface area contributed by atoms with Crippen LogP contribution in [0.15, 0.2) is 30.5 Å². The molecule has 24 heavy (non-hydrogen) atoms. The van der Waals surface area contributed by atoms with Crippen molar-refractivity contribution < 1.29 is 14.7 Å². The highest BCUT2D eigenvalue weighted by Crippen LogP contribution is 2.24. The Balaban J connectivity index is 1.63. The maximum absolute atomic E-state index is 12.6. The lowest BCUT2D eigenvalue weighted by Gasteiger charge is -2.31. The third-order valence-corrected chi connectivity index (χ3v) is 4.77. The molecule has 0 aliphatic carbocycles. The summed E-state index contributed by atoms with van der Waals surface area (Å²) in [6.45, 7) is 3.02. The third kappa shape index (κ3) is 3.04. The number of aryl methyl sites for hydroxylation is 1. The highest BCUT2D eigenvalue weighted by molar-refractivity contribution is 5.98. The number of ketones is 1. The number of phenols is 1. The number of rotatable bonds is 3. The molecule has 126 valence electrons. The summed E-state index contributed by atoms with van der Waals surface area (Å²) >= 11 is 0. The molecule has 1 aliphatic rings. The Hall–Kier alpha value is -2.63. The lowest BCUT2D eigenvalue weighted by Crippen LogP contribution is -2.40. The first-order chi connectivity index (χ1) is 11.5. The van der Waals surface area contributed by atoms with Crippen LogP contribution in [0.1, 0.15) is 39.3 Å². The number of carbonyl (C=O) groups excluding carboxylic acids is 2. The number of carbonyl (C=O) groups is 2. The fourth-order valence-electron chi connectivity index (χ4n) is 3.09. The molecule has 1 amide bonds. The van der Waals surface area contributed by atoms with Crippen LogP contribution >= 0.6 is 0 Å². The Kier molecular flexibility index (Phi) is 4.38. The molecule has 6 nitrogen and oxygen atoms in total. The number of amides is 1. The van der Waals surface area contributed by atoms with Crippen molar-refractivity contribution in [2.75, 3.05) is 13.1 Å². The highest BCUT2D eigenvalue weighted by atomic mass is 16.3. The molecule has 2 heterocycles. The number of piperidine rings is 1. The van der Waals surface area contributed by atoms with Gasteiger partial charge in [-0.25, -0.2) is 0 Å². The summed E-state index contributed by atoms with van der Waals surface area (Å²) < 4.78 is 1.69. The third-order valence-electron chi connectivity index (χ3n) is 4.77. The molecule has 2 aromatic rings. The Morgan fingerprint density at radius 2 is 1.79 bits per heavy atom. The van der Waals surface area contributed by atoms with Gasteiger partial charge in [-0.2, -0.15) is 5.10 Å². The van der Waals surface area contributed by atoms with Gasteiger partial charge >= 0.3 is 0 Å². The molecule has 0 saturated carbocycles. The summed E-state index contributed by atoms with van der Waals surface area (Å²) in [7, 11) is 1.81. The van der Waals surface area contributed by atoms with Gasteiger partial charge in [0.25, 0.3) is 5.91 Å². The van der Waals surface area contributed by atoms with Crippen molar-refractivity contribution in [3.8, 4) is 5.75 Å². The van der Waals surface area contributed by atoms with Gasteiger partial charge in [0, 0.05) is 37.3 Å². The molecule has 0 radical (unpaired) electrons. The van der Waals surface area contributed by atoms with Crippen molar-refractivity contribution in [3.05, 3.63) is 47.3 Å². The average Bonchev–Trinajstić information content (AvgIpc) is 2.94. The van der Waals surface area contributed by atoms with Gasteiger partial charge in [-0.15, -0.1) is 0 Å². The first-order valence-electron chi connectivity index (χ1n) is 8.08. The number of benzene rings is 1. The van der Waals surface area contributed by atoms with E-state index in [0.717, 1.165) is 5.69 Å². The molecule has 0 unspecified atom stereocenters. The zero-order valence-electron chi connectivity index (χ0n) is 13.9. The molecular weight excluding hydrogens is 306 g/mol. The van der Waals surface area contributed by atoms with E-state index in [2.05, 4.69) is 5.10 Å². The number of likely N-dealkylation sites (tertiary alicyclic amines) is 1. The second-order valence-electron chi connectivity index (χ2n) is 6.24. The van der Waals surface area contributed by atoms with Crippen LogP contribution in [0.2, 0.25) is 0 Å². The van der Waals surface area contributed by atoms with Crippen LogP contribution in [0.4, 0.5) is 0 Å². The summed E-state index contributed by atoms with van der Waals surface area (Å²) in [6.07, 6.45) is 2.92. The quantitative estimate of drug-likeness (QED) is 0.877. The lowest BCUT2D eigenvalue weighted by molar-refractivity contribution is 0.0649. The first kappa shape index (κ1) is 16.2. The van der Waals surface area contributed by atoms with Gasteiger partial charge in [0.2, 0.25) is 0 Å².